The molecular formula is C14H24N4O3S. The molecule has 1 aromatic heterocycles. The van der Waals surface area contributed by atoms with E-state index in [0.717, 1.165) is 37.5 Å². The van der Waals surface area contributed by atoms with E-state index < -0.39 is 10.0 Å². The molecule has 1 aromatic rings. The predicted molar refractivity (Wildman–Crippen MR) is 81.9 cm³/mol. The first-order chi connectivity index (χ1) is 10.6. The lowest BCUT2D eigenvalue weighted by atomic mass is 10.1. The predicted octanol–water partition coefficient (Wildman–Crippen LogP) is 1.12. The molecule has 1 atom stereocenters. The van der Waals surface area contributed by atoms with Gasteiger partial charge < -0.3 is 9.30 Å². The Hall–Kier alpha value is -0.990. The van der Waals surface area contributed by atoms with Crippen LogP contribution in [-0.2, 0) is 27.7 Å². The van der Waals surface area contributed by atoms with Crippen LogP contribution in [0.15, 0.2) is 0 Å². The summed E-state index contributed by atoms with van der Waals surface area (Å²) < 4.78 is 32.9. The van der Waals surface area contributed by atoms with Gasteiger partial charge in [-0.3, -0.25) is 0 Å². The van der Waals surface area contributed by atoms with Gasteiger partial charge in [0.25, 0.3) is 0 Å². The molecule has 7 nitrogen and oxygen atoms in total. The summed E-state index contributed by atoms with van der Waals surface area (Å²) in [7, 11) is -3.19. The molecule has 0 aromatic carbocycles. The van der Waals surface area contributed by atoms with E-state index in [-0.39, 0.29) is 6.10 Å². The lowest BCUT2D eigenvalue weighted by molar-refractivity contribution is -0.00952. The molecule has 0 spiro atoms. The Morgan fingerprint density at radius 1 is 1.09 bits per heavy atom. The minimum Gasteiger partial charge on any atom is -0.367 e. The third-order valence-electron chi connectivity index (χ3n) is 4.42. The van der Waals surface area contributed by atoms with Gasteiger partial charge in [-0.2, -0.15) is 4.31 Å². The zero-order valence-electron chi connectivity index (χ0n) is 13.1. The lowest BCUT2D eigenvalue weighted by Gasteiger charge is -2.30. The Kier molecular flexibility index (Phi) is 4.79. The van der Waals surface area contributed by atoms with E-state index in [4.69, 9.17) is 4.74 Å². The Morgan fingerprint density at radius 3 is 2.68 bits per heavy atom. The molecule has 8 heteroatoms. The van der Waals surface area contributed by atoms with Crippen LogP contribution in [0, 0.1) is 0 Å². The van der Waals surface area contributed by atoms with Crippen LogP contribution in [0.4, 0.5) is 0 Å². The number of nitrogens with zero attached hydrogens (tertiary/aromatic N) is 4. The van der Waals surface area contributed by atoms with Crippen molar-refractivity contribution < 1.29 is 13.2 Å². The Balaban J connectivity index is 1.82. The Bertz CT molecular complexity index is 614. The molecule has 1 fully saturated rings. The van der Waals surface area contributed by atoms with Gasteiger partial charge in [0.2, 0.25) is 10.0 Å². The van der Waals surface area contributed by atoms with Crippen molar-refractivity contribution in [2.75, 3.05) is 26.0 Å². The summed E-state index contributed by atoms with van der Waals surface area (Å²) in [6.45, 7) is 2.05. The summed E-state index contributed by atoms with van der Waals surface area (Å²) in [5.74, 6) is 1.79. The van der Waals surface area contributed by atoms with Crippen LogP contribution in [0.1, 0.15) is 49.9 Å². The minimum atomic E-state index is -3.19. The highest BCUT2D eigenvalue weighted by Gasteiger charge is 2.31. The van der Waals surface area contributed by atoms with Crippen molar-refractivity contribution in [1.82, 2.24) is 19.1 Å². The van der Waals surface area contributed by atoms with Crippen LogP contribution in [0.2, 0.25) is 0 Å². The second kappa shape index (κ2) is 6.64. The summed E-state index contributed by atoms with van der Waals surface area (Å²) in [5, 5.41) is 8.65. The largest absolute Gasteiger partial charge is 0.367 e. The van der Waals surface area contributed by atoms with E-state index in [0.29, 0.717) is 19.7 Å². The van der Waals surface area contributed by atoms with Crippen molar-refractivity contribution in [3.05, 3.63) is 11.6 Å². The first kappa shape index (κ1) is 15.9. The topological polar surface area (TPSA) is 77.3 Å². The number of aryl methyl sites for hydroxylation is 1. The smallest absolute Gasteiger partial charge is 0.211 e. The minimum absolute atomic E-state index is 0.314. The monoisotopic (exact) mass is 328 g/mol. The molecule has 2 aliphatic heterocycles. The van der Waals surface area contributed by atoms with Gasteiger partial charge in [0.1, 0.15) is 11.9 Å². The van der Waals surface area contributed by atoms with Gasteiger partial charge in [-0.05, 0) is 12.8 Å². The highest BCUT2D eigenvalue weighted by molar-refractivity contribution is 7.88. The number of fused-ring (bicyclic) bond motifs is 1. The Labute approximate surface area is 131 Å². The molecule has 0 aliphatic carbocycles. The number of hydrogen-bond donors (Lipinski definition) is 0. The second-order valence-corrected chi connectivity index (χ2v) is 8.11. The zero-order chi connectivity index (χ0) is 15.6. The van der Waals surface area contributed by atoms with Gasteiger partial charge in [-0.1, -0.05) is 19.3 Å². The standard InChI is InChI=1S/C14H24N4O3S/c1-22(19,20)17-9-10-21-12(11-17)14-16-15-13-7-5-3-2-4-6-8-18(13)14/h12H,2-11H2,1H3. The number of sulfonamides is 1. The molecule has 1 unspecified atom stereocenters. The third-order valence-corrected chi connectivity index (χ3v) is 5.69. The van der Waals surface area contributed by atoms with Gasteiger partial charge in [-0.25, -0.2) is 8.42 Å². The fraction of sp³-hybridized carbons (Fsp3) is 0.857. The van der Waals surface area contributed by atoms with E-state index in [9.17, 15) is 8.42 Å². The summed E-state index contributed by atoms with van der Waals surface area (Å²) >= 11 is 0. The van der Waals surface area contributed by atoms with Crippen LogP contribution >= 0.6 is 0 Å². The second-order valence-electron chi connectivity index (χ2n) is 6.12. The number of morpholine rings is 1. The number of ether oxygens (including phenoxy) is 1. The highest BCUT2D eigenvalue weighted by Crippen LogP contribution is 2.24. The van der Waals surface area contributed by atoms with E-state index in [1.165, 1.54) is 29.8 Å². The first-order valence-corrected chi connectivity index (χ1v) is 9.89. The van der Waals surface area contributed by atoms with Crippen LogP contribution in [0.3, 0.4) is 0 Å². The van der Waals surface area contributed by atoms with Gasteiger partial charge in [-0.15, -0.1) is 10.2 Å². The maximum absolute atomic E-state index is 11.8. The van der Waals surface area contributed by atoms with E-state index in [2.05, 4.69) is 14.8 Å². The van der Waals surface area contributed by atoms with Gasteiger partial charge in [0, 0.05) is 26.1 Å². The van der Waals surface area contributed by atoms with Crippen molar-refractivity contribution in [3.8, 4) is 0 Å². The quantitative estimate of drug-likeness (QED) is 0.813. The summed E-state index contributed by atoms with van der Waals surface area (Å²) in [5.41, 5.74) is 0. The molecule has 22 heavy (non-hydrogen) atoms. The Morgan fingerprint density at radius 2 is 1.86 bits per heavy atom. The first-order valence-electron chi connectivity index (χ1n) is 8.04. The normalized spacial score (nSPS) is 25.0. The molecule has 2 aliphatic rings. The average molecular weight is 328 g/mol. The number of aromatic nitrogens is 3. The number of hydrogen-bond acceptors (Lipinski definition) is 5. The zero-order valence-corrected chi connectivity index (χ0v) is 13.9. The fourth-order valence-electron chi connectivity index (χ4n) is 3.18. The molecule has 3 rings (SSSR count). The van der Waals surface area contributed by atoms with Crippen LogP contribution in [0.25, 0.3) is 0 Å². The lowest BCUT2D eigenvalue weighted by Crippen LogP contribution is -2.42. The molecule has 0 bridgehead atoms. The molecule has 0 saturated carbocycles. The SMILES string of the molecule is CS(=O)(=O)N1CCOC(c2nnc3n2CCCCCCC3)C1. The van der Waals surface area contributed by atoms with Gasteiger partial charge >= 0.3 is 0 Å². The van der Waals surface area contributed by atoms with E-state index >= 15 is 0 Å². The van der Waals surface area contributed by atoms with Crippen molar-refractivity contribution in [1.29, 1.82) is 0 Å². The molecule has 0 radical (unpaired) electrons. The molecular weight excluding hydrogens is 304 g/mol. The summed E-state index contributed by atoms with van der Waals surface area (Å²) in [6.07, 6.45) is 7.85. The summed E-state index contributed by atoms with van der Waals surface area (Å²) in [4.78, 5) is 0. The number of rotatable bonds is 2. The van der Waals surface area contributed by atoms with E-state index in [1.807, 2.05) is 0 Å². The average Bonchev–Trinajstić information content (AvgIpc) is 2.91. The maximum Gasteiger partial charge on any atom is 0.211 e. The van der Waals surface area contributed by atoms with Gasteiger partial charge in [0.05, 0.1) is 12.9 Å². The van der Waals surface area contributed by atoms with Crippen molar-refractivity contribution in [3.63, 3.8) is 0 Å². The van der Waals surface area contributed by atoms with Crippen molar-refractivity contribution in [2.24, 2.45) is 0 Å². The van der Waals surface area contributed by atoms with Crippen LogP contribution in [-0.4, -0.2) is 53.4 Å². The molecule has 124 valence electrons. The van der Waals surface area contributed by atoms with Crippen LogP contribution < -0.4 is 0 Å². The van der Waals surface area contributed by atoms with Crippen molar-refractivity contribution >= 4 is 10.0 Å². The van der Waals surface area contributed by atoms with E-state index in [1.54, 1.807) is 0 Å². The highest BCUT2D eigenvalue weighted by atomic mass is 32.2. The van der Waals surface area contributed by atoms with Gasteiger partial charge in [0.15, 0.2) is 5.82 Å². The maximum atomic E-state index is 11.8. The summed E-state index contributed by atoms with van der Waals surface area (Å²) in [6, 6.07) is 0. The molecule has 3 heterocycles. The third kappa shape index (κ3) is 3.49. The van der Waals surface area contributed by atoms with Crippen molar-refractivity contribution in [2.45, 2.75) is 51.2 Å². The van der Waals surface area contributed by atoms with Crippen LogP contribution in [0.5, 0.6) is 0 Å². The fourth-order valence-corrected chi connectivity index (χ4v) is 3.99. The molecule has 0 N–H and O–H groups in total. The molecule has 1 saturated heterocycles. The molecule has 0 amide bonds.